The zero-order valence-corrected chi connectivity index (χ0v) is 41.8. The lowest BCUT2D eigenvalue weighted by Crippen LogP contribution is -2.10. The smallest absolute Gasteiger partial charge is 0.0468 e. The fraction of sp³-hybridized carbons (Fsp3) is 0. The summed E-state index contributed by atoms with van der Waals surface area (Å²) in [4.78, 5) is 4.77. The van der Waals surface area contributed by atoms with Crippen LogP contribution in [0.25, 0.3) is 98.4 Å². The standard InChI is InChI=1S/C74H50N2/c1-5-19-51(20-6-1)55-23-17-25-57(47-55)53-35-39-61(40-36-53)75(59-27-9-3-10-28-59)63-43-45-69-71(49-63)65-31-13-15-33-67(65)74-70-46-44-64(50-72(70)66-32-14-16-34-68(66)73(69)74)76(60-29-11-4-12-30-60)62-41-37-54(38-42-62)58-26-18-24-56(48-58)52-21-7-2-8-22-52/h1-50H. The van der Waals surface area contributed by atoms with E-state index in [1.54, 1.807) is 0 Å². The van der Waals surface area contributed by atoms with Crippen LogP contribution in [0.5, 0.6) is 0 Å². The van der Waals surface area contributed by atoms with E-state index in [1.165, 1.54) is 98.4 Å². The second kappa shape index (κ2) is 19.1. The summed E-state index contributed by atoms with van der Waals surface area (Å²) >= 11 is 0. The first kappa shape index (κ1) is 44.7. The largest absolute Gasteiger partial charge is 0.310 e. The molecule has 0 unspecified atom stereocenters. The minimum atomic E-state index is 1.10. The summed E-state index contributed by atoms with van der Waals surface area (Å²) in [6, 6.07) is 111. The third-order valence-corrected chi connectivity index (χ3v) is 15.2. The molecule has 14 rings (SSSR count). The molecule has 0 amide bonds. The predicted molar refractivity (Wildman–Crippen MR) is 325 cm³/mol. The summed E-state index contributed by atoms with van der Waals surface area (Å²) in [5.74, 6) is 0. The van der Waals surface area contributed by atoms with Crippen molar-refractivity contribution in [3.8, 4) is 44.5 Å². The second-order valence-corrected chi connectivity index (χ2v) is 19.6. The summed E-state index contributed by atoms with van der Waals surface area (Å²) in [5, 5.41) is 12.4. The molecule has 2 nitrogen and oxygen atoms in total. The van der Waals surface area contributed by atoms with E-state index in [0.717, 1.165) is 34.1 Å². The number of para-hydroxylation sites is 2. The first-order valence-corrected chi connectivity index (χ1v) is 26.2. The Balaban J connectivity index is 0.895. The maximum atomic E-state index is 2.41. The van der Waals surface area contributed by atoms with Crippen LogP contribution in [-0.4, -0.2) is 0 Å². The van der Waals surface area contributed by atoms with E-state index < -0.39 is 0 Å². The second-order valence-electron chi connectivity index (χ2n) is 19.6. The van der Waals surface area contributed by atoms with Crippen molar-refractivity contribution >= 4 is 88.0 Å². The molecular weight excluding hydrogens is 917 g/mol. The maximum absolute atomic E-state index is 2.41. The Morgan fingerprint density at radius 2 is 0.408 bits per heavy atom. The average molecular weight is 967 g/mol. The molecule has 0 saturated carbocycles. The Hall–Kier alpha value is -10.0. The van der Waals surface area contributed by atoms with E-state index in [2.05, 4.69) is 313 Å². The third kappa shape index (κ3) is 8.01. The van der Waals surface area contributed by atoms with Crippen molar-refractivity contribution in [2.75, 3.05) is 9.80 Å². The number of hydrogen-bond acceptors (Lipinski definition) is 2. The van der Waals surface area contributed by atoms with Crippen LogP contribution < -0.4 is 9.80 Å². The van der Waals surface area contributed by atoms with Crippen LogP contribution in [0.2, 0.25) is 0 Å². The van der Waals surface area contributed by atoms with Gasteiger partial charge in [-0.3, -0.25) is 0 Å². The van der Waals surface area contributed by atoms with Gasteiger partial charge in [0, 0.05) is 34.1 Å². The number of benzene rings is 14. The van der Waals surface area contributed by atoms with Gasteiger partial charge in [0.15, 0.2) is 0 Å². The van der Waals surface area contributed by atoms with E-state index in [0.29, 0.717) is 0 Å². The Labute approximate surface area is 443 Å². The highest BCUT2D eigenvalue weighted by Crippen LogP contribution is 2.48. The molecule has 0 bridgehead atoms. The third-order valence-electron chi connectivity index (χ3n) is 15.2. The molecule has 76 heavy (non-hydrogen) atoms. The molecular formula is C74H50N2. The summed E-state index contributed by atoms with van der Waals surface area (Å²) in [7, 11) is 0. The van der Waals surface area contributed by atoms with Gasteiger partial charge in [-0.25, -0.2) is 0 Å². The van der Waals surface area contributed by atoms with Gasteiger partial charge in [-0.2, -0.15) is 0 Å². The Morgan fingerprint density at radius 1 is 0.145 bits per heavy atom. The predicted octanol–water partition coefficient (Wildman–Crippen LogP) is 21.1. The molecule has 356 valence electrons. The van der Waals surface area contributed by atoms with Crippen molar-refractivity contribution in [2.24, 2.45) is 0 Å². The highest BCUT2D eigenvalue weighted by molar-refractivity contribution is 6.39. The first-order valence-electron chi connectivity index (χ1n) is 26.2. The molecule has 14 aromatic carbocycles. The van der Waals surface area contributed by atoms with Crippen LogP contribution in [0.3, 0.4) is 0 Å². The topological polar surface area (TPSA) is 6.48 Å². The zero-order chi connectivity index (χ0) is 50.4. The number of anilines is 6. The highest BCUT2D eigenvalue weighted by Gasteiger charge is 2.21. The van der Waals surface area contributed by atoms with Gasteiger partial charge >= 0.3 is 0 Å². The fourth-order valence-electron chi connectivity index (χ4n) is 11.6. The van der Waals surface area contributed by atoms with Crippen LogP contribution in [-0.2, 0) is 0 Å². The van der Waals surface area contributed by atoms with Crippen LogP contribution in [0.4, 0.5) is 34.1 Å². The number of nitrogens with zero attached hydrogens (tertiary/aromatic N) is 2. The molecule has 0 spiro atoms. The molecule has 0 radical (unpaired) electrons. The zero-order valence-electron chi connectivity index (χ0n) is 41.8. The molecule has 14 aromatic rings. The van der Waals surface area contributed by atoms with Crippen LogP contribution in [0.15, 0.2) is 303 Å². The Morgan fingerprint density at radius 3 is 0.776 bits per heavy atom. The number of rotatable bonds is 10. The lowest BCUT2D eigenvalue weighted by atomic mass is 9.87. The highest BCUT2D eigenvalue weighted by atomic mass is 15.1. The van der Waals surface area contributed by atoms with Gasteiger partial charge in [0.1, 0.15) is 0 Å². The van der Waals surface area contributed by atoms with Crippen molar-refractivity contribution < 1.29 is 0 Å². The van der Waals surface area contributed by atoms with Crippen molar-refractivity contribution in [1.82, 2.24) is 0 Å². The van der Waals surface area contributed by atoms with E-state index >= 15 is 0 Å². The van der Waals surface area contributed by atoms with Crippen molar-refractivity contribution in [3.05, 3.63) is 303 Å². The number of hydrogen-bond donors (Lipinski definition) is 0. The molecule has 0 fully saturated rings. The summed E-state index contributed by atoms with van der Waals surface area (Å²) in [6.07, 6.45) is 0. The van der Waals surface area contributed by atoms with Gasteiger partial charge in [-0.1, -0.05) is 218 Å². The minimum Gasteiger partial charge on any atom is -0.310 e. The van der Waals surface area contributed by atoms with E-state index in [9.17, 15) is 0 Å². The summed E-state index contributed by atoms with van der Waals surface area (Å²) < 4.78 is 0. The molecule has 2 heteroatoms. The van der Waals surface area contributed by atoms with Gasteiger partial charge < -0.3 is 9.80 Å². The van der Waals surface area contributed by atoms with Crippen LogP contribution >= 0.6 is 0 Å². The van der Waals surface area contributed by atoms with E-state index in [-0.39, 0.29) is 0 Å². The number of fused-ring (bicyclic) bond motifs is 11. The molecule has 0 heterocycles. The monoisotopic (exact) mass is 966 g/mol. The van der Waals surface area contributed by atoms with Crippen LogP contribution in [0, 0.1) is 0 Å². The van der Waals surface area contributed by atoms with Crippen molar-refractivity contribution in [3.63, 3.8) is 0 Å². The molecule has 0 atom stereocenters. The molecule has 0 aromatic heterocycles. The lowest BCUT2D eigenvalue weighted by Gasteiger charge is -2.27. The Kier molecular flexibility index (Phi) is 11.2. The maximum Gasteiger partial charge on any atom is 0.0468 e. The van der Waals surface area contributed by atoms with Gasteiger partial charge in [0.2, 0.25) is 0 Å². The van der Waals surface area contributed by atoms with Gasteiger partial charge in [0.05, 0.1) is 0 Å². The molecule has 0 aliphatic carbocycles. The van der Waals surface area contributed by atoms with Crippen molar-refractivity contribution in [1.29, 1.82) is 0 Å². The van der Waals surface area contributed by atoms with Gasteiger partial charge in [0.25, 0.3) is 0 Å². The molecule has 0 N–H and O–H groups in total. The molecule has 0 aliphatic heterocycles. The lowest BCUT2D eigenvalue weighted by molar-refractivity contribution is 1.29. The quantitative estimate of drug-likeness (QED) is 0.126. The summed E-state index contributed by atoms with van der Waals surface area (Å²) in [5.41, 5.74) is 16.2. The van der Waals surface area contributed by atoms with E-state index in [4.69, 9.17) is 0 Å². The molecule has 0 saturated heterocycles. The average Bonchev–Trinajstić information content (AvgIpc) is 3.51. The minimum absolute atomic E-state index is 1.10. The normalized spacial score (nSPS) is 11.4. The first-order chi connectivity index (χ1) is 37.7. The van der Waals surface area contributed by atoms with Crippen molar-refractivity contribution in [2.45, 2.75) is 0 Å². The molecule has 0 aliphatic rings. The van der Waals surface area contributed by atoms with Crippen LogP contribution in [0.1, 0.15) is 0 Å². The SMILES string of the molecule is c1ccc(-c2cccc(-c3ccc(N(c4ccccc4)c4ccc5c(c4)c4ccccc4c4c6ccc(N(c7ccccc7)c7ccc(-c8cccc(-c9ccccc9)c8)cc7)cc6c6ccccc6c54)cc3)c2)cc1. The van der Waals surface area contributed by atoms with Gasteiger partial charge in [-0.05, 0) is 183 Å². The van der Waals surface area contributed by atoms with E-state index in [1.807, 2.05) is 0 Å². The Bertz CT molecular complexity index is 4130. The fourth-order valence-corrected chi connectivity index (χ4v) is 11.6. The summed E-state index contributed by atoms with van der Waals surface area (Å²) in [6.45, 7) is 0. The van der Waals surface area contributed by atoms with Gasteiger partial charge in [-0.15, -0.1) is 0 Å².